The minimum atomic E-state index is 0.801. The fourth-order valence-corrected chi connectivity index (χ4v) is 8.31. The van der Waals surface area contributed by atoms with Crippen molar-refractivity contribution in [3.63, 3.8) is 0 Å². The summed E-state index contributed by atoms with van der Waals surface area (Å²) in [5, 5.41) is 0. The van der Waals surface area contributed by atoms with Crippen LogP contribution in [0.3, 0.4) is 0 Å². The Balaban J connectivity index is 1.40. The molecule has 8 bridgehead atoms. The highest BCUT2D eigenvalue weighted by Gasteiger charge is 2.34. The summed E-state index contributed by atoms with van der Waals surface area (Å²) >= 11 is 0. The first-order valence-corrected chi connectivity index (χ1v) is 19.5. The molecule has 280 valence electrons. The van der Waals surface area contributed by atoms with Crippen molar-refractivity contribution in [1.82, 2.24) is 18.3 Å². The van der Waals surface area contributed by atoms with Crippen molar-refractivity contribution in [2.24, 2.45) is 48.2 Å². The van der Waals surface area contributed by atoms with E-state index in [1.165, 1.54) is 0 Å². The van der Waals surface area contributed by atoms with Crippen molar-refractivity contribution >= 4 is 45.1 Å². The van der Waals surface area contributed by atoms with Gasteiger partial charge in [-0.05, 0) is 76.3 Å². The molecule has 0 unspecified atom stereocenters. The van der Waals surface area contributed by atoms with Crippen molar-refractivity contribution in [1.29, 1.82) is 0 Å². The van der Waals surface area contributed by atoms with E-state index in [-0.39, 0.29) is 0 Å². The molecule has 5 aliphatic heterocycles. The molecule has 9 heterocycles. The number of allylic oxidation sites excluding steroid dienone is 12. The van der Waals surface area contributed by atoms with Gasteiger partial charge in [-0.15, -0.1) is 0 Å². The van der Waals surface area contributed by atoms with Crippen molar-refractivity contribution in [2.75, 3.05) is 0 Å². The van der Waals surface area contributed by atoms with Crippen molar-refractivity contribution in [2.45, 2.75) is 53.9 Å². The van der Waals surface area contributed by atoms with Crippen molar-refractivity contribution < 1.29 is 18.3 Å². The largest absolute Gasteiger partial charge is 0.247 e. The van der Waals surface area contributed by atoms with Gasteiger partial charge in [0.1, 0.15) is 24.8 Å². The molecule has 0 atom stereocenters. The van der Waals surface area contributed by atoms with E-state index < -0.39 is 0 Å². The molecule has 0 radical (unpaired) electrons. The Morgan fingerprint density at radius 2 is 0.571 bits per heavy atom. The molecular weight excluding hydrogens is 697 g/mol. The van der Waals surface area contributed by atoms with Gasteiger partial charge in [0.15, 0.2) is 22.8 Å². The quantitative estimate of drug-likeness (QED) is 0.242. The summed E-state index contributed by atoms with van der Waals surface area (Å²) in [5.74, 6) is 0. The molecule has 0 N–H and O–H groups in total. The highest BCUT2D eigenvalue weighted by Crippen LogP contribution is 2.38. The number of hydrogen-bond donors (Lipinski definition) is 0. The van der Waals surface area contributed by atoms with Crippen LogP contribution in [0.25, 0.3) is 22.3 Å². The van der Waals surface area contributed by atoms with E-state index in [1.807, 2.05) is 0 Å². The van der Waals surface area contributed by atoms with E-state index in [9.17, 15) is 0 Å². The number of hydrogen-bond acceptors (Lipinski definition) is 4. The molecule has 4 aromatic rings. The Morgan fingerprint density at radius 3 is 0.768 bits per heavy atom. The third-order valence-corrected chi connectivity index (χ3v) is 10.8. The smallest absolute Gasteiger partial charge is 0.244 e. The van der Waals surface area contributed by atoms with Gasteiger partial charge in [-0.25, -0.2) is 56.5 Å². The van der Waals surface area contributed by atoms with Gasteiger partial charge in [-0.1, -0.05) is 0 Å². The summed E-state index contributed by atoms with van der Waals surface area (Å²) in [4.78, 5) is 21.9. The molecule has 0 aromatic carbocycles. The topological polar surface area (TPSA) is 84.7 Å². The van der Waals surface area contributed by atoms with Crippen LogP contribution in [0.1, 0.15) is 50.5 Å². The molecule has 0 saturated heterocycles. The fourth-order valence-electron chi connectivity index (χ4n) is 8.31. The first kappa shape index (κ1) is 35.2. The van der Waals surface area contributed by atoms with Crippen LogP contribution in [0.15, 0.2) is 141 Å². The monoisotopic (exact) mass is 744 g/mol. The van der Waals surface area contributed by atoms with Gasteiger partial charge in [-0.2, -0.15) is 0 Å². The van der Waals surface area contributed by atoms with Crippen LogP contribution in [0.5, 0.6) is 0 Å². The first-order chi connectivity index (χ1) is 27.2. The second kappa shape index (κ2) is 13.6. The number of imidazole rings is 4. The van der Waals surface area contributed by atoms with Gasteiger partial charge < -0.3 is 0 Å². The molecule has 5 aliphatic rings. The minimum absolute atomic E-state index is 0.801. The minimum Gasteiger partial charge on any atom is -0.247 e. The molecule has 0 aliphatic carbocycles. The lowest BCUT2D eigenvalue weighted by molar-refractivity contribution is -0.671. The van der Waals surface area contributed by atoms with Gasteiger partial charge in [0.25, 0.3) is 0 Å². The zero-order chi connectivity index (χ0) is 38.8. The van der Waals surface area contributed by atoms with E-state index >= 15 is 0 Å². The third-order valence-electron chi connectivity index (χ3n) is 10.8. The summed E-state index contributed by atoms with van der Waals surface area (Å²) in [6.07, 6.45) is 34.2. The second-order valence-electron chi connectivity index (χ2n) is 14.7. The van der Waals surface area contributed by atoms with E-state index in [4.69, 9.17) is 20.0 Å². The molecule has 12 nitrogen and oxygen atoms in total. The molecule has 0 fully saturated rings. The molecule has 0 amide bonds. The van der Waals surface area contributed by atoms with E-state index in [1.54, 1.807) is 0 Å². The fraction of sp³-hybridized carbons (Fsp3) is 0.273. The first-order valence-electron chi connectivity index (χ1n) is 19.5. The maximum atomic E-state index is 5.48. The number of fused-ring (bicyclic) bond motifs is 4. The average Bonchev–Trinajstić information content (AvgIpc) is 4.03. The van der Waals surface area contributed by atoms with Gasteiger partial charge in [0, 0.05) is 0 Å². The molecule has 0 spiro atoms. The Morgan fingerprint density at radius 1 is 0.357 bits per heavy atom. The Bertz CT molecular complexity index is 2380. The SMILES string of the molecule is CCn1c[n+](C)cc1C1=C2C=CC(=N2)C(c2c[n+](C)cn2CC)=C2C=CC(=N2)C(c2c[n+](C)cn2CC)=C2C=CC(=N2)C(c2c[n+](C)cn2CC)=C2C=CC1=N2. The van der Waals surface area contributed by atoms with Crippen molar-refractivity contribution in [3.8, 4) is 0 Å². The normalized spacial score (nSPS) is 17.4. The van der Waals surface area contributed by atoms with Crippen LogP contribution >= 0.6 is 0 Å². The van der Waals surface area contributed by atoms with Crippen molar-refractivity contribution in [3.05, 3.63) is 144 Å². The number of nitrogens with zero attached hydrogens (tertiary/aromatic N) is 12. The van der Waals surface area contributed by atoms with Gasteiger partial charge in [0.2, 0.25) is 25.3 Å². The van der Waals surface area contributed by atoms with Crippen LogP contribution in [-0.4, -0.2) is 41.1 Å². The lowest BCUT2D eigenvalue weighted by Gasteiger charge is -2.10. The highest BCUT2D eigenvalue weighted by molar-refractivity contribution is 6.39. The highest BCUT2D eigenvalue weighted by atomic mass is 15.1. The molecule has 9 rings (SSSR count). The lowest BCUT2D eigenvalue weighted by atomic mass is 10.0. The number of aromatic nitrogens is 8. The summed E-state index contributed by atoms with van der Waals surface area (Å²) in [6, 6.07) is 0. The van der Waals surface area contributed by atoms with Gasteiger partial charge >= 0.3 is 0 Å². The summed E-state index contributed by atoms with van der Waals surface area (Å²) in [6.45, 7) is 11.9. The Hall–Kier alpha value is -6.56. The summed E-state index contributed by atoms with van der Waals surface area (Å²) in [7, 11) is 8.26. The Kier molecular flexibility index (Phi) is 8.56. The number of aryl methyl sites for hydroxylation is 8. The lowest BCUT2D eigenvalue weighted by Crippen LogP contribution is -2.23. The molecule has 0 saturated carbocycles. The molecular formula is C44H48N12+4. The molecule has 4 aromatic heterocycles. The predicted molar refractivity (Wildman–Crippen MR) is 219 cm³/mol. The second-order valence-corrected chi connectivity index (χ2v) is 14.7. The van der Waals surface area contributed by atoms with Crippen LogP contribution in [-0.2, 0) is 54.4 Å². The maximum absolute atomic E-state index is 5.48. The van der Waals surface area contributed by atoms with E-state index in [0.29, 0.717) is 0 Å². The Labute approximate surface area is 327 Å². The summed E-state index contributed by atoms with van der Waals surface area (Å²) in [5.41, 5.74) is 14.9. The van der Waals surface area contributed by atoms with Gasteiger partial charge in [0.05, 0.1) is 122 Å². The van der Waals surface area contributed by atoms with Crippen LogP contribution in [0.2, 0.25) is 0 Å². The predicted octanol–water partition coefficient (Wildman–Crippen LogP) is 4.27. The third kappa shape index (κ3) is 5.75. The standard InChI is InChI=1S/C44H48N12/c1-9-53-25-49(5)21-37(53)41-29-13-15-31(45-29)42(38-22-50(6)26-54(38)10-2)33-17-19-35(47-33)44(40-24-52(8)28-56(40)12-4)36-20-18-34(48-36)43(32-16-14-30(41)46-32)39-23-51(7)27-55(39)11-3/h13-28H,9-12H2,1-8H3/q+4. The zero-order valence-electron chi connectivity index (χ0n) is 33.4. The van der Waals surface area contributed by atoms with E-state index in [2.05, 4.69) is 191 Å². The van der Waals surface area contributed by atoms with E-state index in [0.717, 1.165) is 117 Å². The van der Waals surface area contributed by atoms with Crippen LogP contribution in [0, 0.1) is 0 Å². The number of rotatable bonds is 8. The zero-order valence-corrected chi connectivity index (χ0v) is 33.4. The molecule has 12 heteroatoms. The van der Waals surface area contributed by atoms with Gasteiger partial charge in [-0.3, -0.25) is 0 Å². The average molecular weight is 745 g/mol. The molecule has 56 heavy (non-hydrogen) atoms. The van der Waals surface area contributed by atoms with Crippen LogP contribution in [0.4, 0.5) is 0 Å². The number of aliphatic imine (C=N–C) groups is 4. The van der Waals surface area contributed by atoms with Crippen LogP contribution < -0.4 is 18.3 Å². The maximum Gasteiger partial charge on any atom is 0.244 e. The summed E-state index contributed by atoms with van der Waals surface area (Å²) < 4.78 is 17.4.